The predicted octanol–water partition coefficient (Wildman–Crippen LogP) is 3.38. The van der Waals surface area contributed by atoms with Gasteiger partial charge in [-0.3, -0.25) is 19.7 Å². The van der Waals surface area contributed by atoms with Gasteiger partial charge < -0.3 is 10.2 Å². The maximum absolute atomic E-state index is 13.8. The van der Waals surface area contributed by atoms with Crippen LogP contribution in [-0.2, 0) is 9.59 Å². The van der Waals surface area contributed by atoms with Crippen LogP contribution in [0, 0.1) is 21.8 Å². The van der Waals surface area contributed by atoms with Gasteiger partial charge in [0.2, 0.25) is 11.8 Å². The molecule has 0 saturated carbocycles. The van der Waals surface area contributed by atoms with Gasteiger partial charge in [-0.25, -0.2) is 4.39 Å². The van der Waals surface area contributed by atoms with Crippen LogP contribution in [0.15, 0.2) is 42.5 Å². The van der Waals surface area contributed by atoms with E-state index in [1.807, 2.05) is 0 Å². The molecule has 7 nitrogen and oxygen atoms in total. The molecular weight excluding hydrogens is 365 g/mol. The number of nitro benzene ring substituents is 1. The zero-order valence-electron chi connectivity index (χ0n) is 13.3. The number of nitro groups is 1. The minimum atomic E-state index is -0.792. The predicted molar refractivity (Wildman–Crippen MR) is 93.6 cm³/mol. The maximum Gasteiger partial charge on any atom is 0.271 e. The standard InChI is InChI=1S/C17H13ClFN3O4/c18-11-2-1-3-12(7-11)21-9-10(6-16(21)23)17(24)20-15-8-13(22(25)26)4-5-14(15)19/h1-5,7-8,10H,6,9H2,(H,20,24). The summed E-state index contributed by atoms with van der Waals surface area (Å²) in [5.41, 5.74) is -0.0677. The number of nitrogens with zero attached hydrogens (tertiary/aromatic N) is 2. The van der Waals surface area contributed by atoms with Crippen LogP contribution in [0.4, 0.5) is 21.5 Å². The van der Waals surface area contributed by atoms with Gasteiger partial charge in [0, 0.05) is 35.8 Å². The first-order valence-electron chi connectivity index (χ1n) is 7.66. The van der Waals surface area contributed by atoms with Crippen molar-refractivity contribution >= 4 is 40.5 Å². The smallest absolute Gasteiger partial charge is 0.271 e. The first kappa shape index (κ1) is 17.8. The number of halogens is 2. The molecule has 1 atom stereocenters. The molecule has 2 aromatic carbocycles. The molecule has 1 saturated heterocycles. The van der Waals surface area contributed by atoms with Crippen LogP contribution in [0.3, 0.4) is 0 Å². The fraction of sp³-hybridized carbons (Fsp3) is 0.176. The minimum Gasteiger partial charge on any atom is -0.323 e. The number of benzene rings is 2. The molecule has 0 aromatic heterocycles. The molecule has 1 fully saturated rings. The Hall–Kier alpha value is -3.00. The Morgan fingerprint density at radius 2 is 2.08 bits per heavy atom. The van der Waals surface area contributed by atoms with E-state index in [-0.39, 0.29) is 30.2 Å². The third-order valence-corrected chi connectivity index (χ3v) is 4.27. The number of non-ortho nitro benzene ring substituents is 1. The van der Waals surface area contributed by atoms with E-state index in [1.165, 1.54) is 4.90 Å². The lowest BCUT2D eigenvalue weighted by molar-refractivity contribution is -0.384. The molecular formula is C17H13ClFN3O4. The Balaban J connectivity index is 1.75. The second-order valence-electron chi connectivity index (χ2n) is 5.80. The van der Waals surface area contributed by atoms with Crippen molar-refractivity contribution in [3.63, 3.8) is 0 Å². The molecule has 2 aromatic rings. The van der Waals surface area contributed by atoms with Crippen LogP contribution >= 0.6 is 11.6 Å². The fourth-order valence-corrected chi connectivity index (χ4v) is 2.92. The maximum atomic E-state index is 13.8. The van der Waals surface area contributed by atoms with Crippen LogP contribution in [0.1, 0.15) is 6.42 Å². The van der Waals surface area contributed by atoms with E-state index in [0.29, 0.717) is 10.7 Å². The van der Waals surface area contributed by atoms with Crippen LogP contribution in [0.5, 0.6) is 0 Å². The monoisotopic (exact) mass is 377 g/mol. The van der Waals surface area contributed by atoms with Crippen molar-refractivity contribution in [1.29, 1.82) is 0 Å². The molecule has 0 radical (unpaired) electrons. The number of carbonyl (C=O) groups excluding carboxylic acids is 2. The highest BCUT2D eigenvalue weighted by Crippen LogP contribution is 2.28. The van der Waals surface area contributed by atoms with Gasteiger partial charge in [-0.2, -0.15) is 0 Å². The summed E-state index contributed by atoms with van der Waals surface area (Å²) in [6.45, 7) is 0.113. The van der Waals surface area contributed by atoms with Gasteiger partial charge in [-0.05, 0) is 24.3 Å². The number of anilines is 2. The average Bonchev–Trinajstić information content (AvgIpc) is 2.98. The Labute approximate surface area is 152 Å². The molecule has 0 spiro atoms. The average molecular weight is 378 g/mol. The van der Waals surface area contributed by atoms with Gasteiger partial charge >= 0.3 is 0 Å². The molecule has 3 rings (SSSR count). The fourth-order valence-electron chi connectivity index (χ4n) is 2.73. The molecule has 1 N–H and O–H groups in total. The first-order chi connectivity index (χ1) is 12.3. The lowest BCUT2D eigenvalue weighted by atomic mass is 10.1. The minimum absolute atomic E-state index is 0.0467. The van der Waals surface area contributed by atoms with Crippen LogP contribution in [0.25, 0.3) is 0 Å². The van der Waals surface area contributed by atoms with Crippen LogP contribution < -0.4 is 10.2 Å². The van der Waals surface area contributed by atoms with Gasteiger partial charge in [0.15, 0.2) is 0 Å². The molecule has 1 aliphatic rings. The lowest BCUT2D eigenvalue weighted by Crippen LogP contribution is -2.28. The summed E-state index contributed by atoms with van der Waals surface area (Å²) in [6.07, 6.45) is -0.0467. The summed E-state index contributed by atoms with van der Waals surface area (Å²) in [5, 5.41) is 13.6. The van der Waals surface area contributed by atoms with E-state index in [1.54, 1.807) is 24.3 Å². The third kappa shape index (κ3) is 3.65. The molecule has 0 bridgehead atoms. The van der Waals surface area contributed by atoms with E-state index >= 15 is 0 Å². The quantitative estimate of drug-likeness (QED) is 0.653. The largest absolute Gasteiger partial charge is 0.323 e. The van der Waals surface area contributed by atoms with E-state index in [0.717, 1.165) is 18.2 Å². The molecule has 2 amide bonds. The van der Waals surface area contributed by atoms with E-state index in [4.69, 9.17) is 11.6 Å². The van der Waals surface area contributed by atoms with Crippen molar-refractivity contribution in [2.45, 2.75) is 6.42 Å². The molecule has 1 heterocycles. The zero-order chi connectivity index (χ0) is 18.8. The second kappa shape index (κ2) is 7.09. The van der Waals surface area contributed by atoms with E-state index in [2.05, 4.69) is 5.32 Å². The number of carbonyl (C=O) groups is 2. The number of rotatable bonds is 4. The summed E-state index contributed by atoms with van der Waals surface area (Å²) in [5.74, 6) is -2.34. The van der Waals surface area contributed by atoms with Crippen molar-refractivity contribution in [1.82, 2.24) is 0 Å². The number of hydrogen-bond donors (Lipinski definition) is 1. The van der Waals surface area contributed by atoms with Crippen LogP contribution in [-0.4, -0.2) is 23.3 Å². The number of amides is 2. The highest BCUT2D eigenvalue weighted by atomic mass is 35.5. The van der Waals surface area contributed by atoms with E-state index < -0.39 is 22.6 Å². The second-order valence-corrected chi connectivity index (χ2v) is 6.23. The zero-order valence-corrected chi connectivity index (χ0v) is 14.1. The van der Waals surface area contributed by atoms with Crippen LogP contribution in [0.2, 0.25) is 5.02 Å². The summed E-state index contributed by atoms with van der Waals surface area (Å²) in [6, 6.07) is 9.53. The Kier molecular flexibility index (Phi) is 4.85. The van der Waals surface area contributed by atoms with Crippen molar-refractivity contribution in [3.8, 4) is 0 Å². The van der Waals surface area contributed by atoms with Crippen molar-refractivity contribution in [2.75, 3.05) is 16.8 Å². The van der Waals surface area contributed by atoms with Crippen molar-refractivity contribution in [3.05, 3.63) is 63.4 Å². The van der Waals surface area contributed by atoms with Gasteiger partial charge in [0.05, 0.1) is 16.5 Å². The Morgan fingerprint density at radius 1 is 1.31 bits per heavy atom. The van der Waals surface area contributed by atoms with E-state index in [9.17, 15) is 24.1 Å². The van der Waals surface area contributed by atoms with Gasteiger partial charge in [-0.15, -0.1) is 0 Å². The van der Waals surface area contributed by atoms with Gasteiger partial charge in [-0.1, -0.05) is 17.7 Å². The third-order valence-electron chi connectivity index (χ3n) is 4.03. The van der Waals surface area contributed by atoms with Gasteiger partial charge in [0.1, 0.15) is 5.82 Å². The molecule has 9 heteroatoms. The Bertz CT molecular complexity index is 905. The SMILES string of the molecule is O=C(Nc1cc([N+](=O)[O-])ccc1F)C1CC(=O)N(c2cccc(Cl)c2)C1. The lowest BCUT2D eigenvalue weighted by Gasteiger charge is -2.17. The molecule has 1 unspecified atom stereocenters. The molecule has 0 aliphatic carbocycles. The summed E-state index contributed by atoms with van der Waals surface area (Å²) in [7, 11) is 0. The summed E-state index contributed by atoms with van der Waals surface area (Å²) >= 11 is 5.92. The van der Waals surface area contributed by atoms with Gasteiger partial charge in [0.25, 0.3) is 5.69 Å². The molecule has 26 heavy (non-hydrogen) atoms. The van der Waals surface area contributed by atoms with Crippen molar-refractivity contribution in [2.24, 2.45) is 5.92 Å². The number of hydrogen-bond acceptors (Lipinski definition) is 4. The molecule has 134 valence electrons. The highest BCUT2D eigenvalue weighted by Gasteiger charge is 2.35. The highest BCUT2D eigenvalue weighted by molar-refractivity contribution is 6.31. The van der Waals surface area contributed by atoms with Crippen molar-refractivity contribution < 1.29 is 18.9 Å². The number of nitrogens with one attached hydrogen (secondary N) is 1. The summed E-state index contributed by atoms with van der Waals surface area (Å²) < 4.78 is 13.8. The Morgan fingerprint density at radius 3 is 2.77 bits per heavy atom. The summed E-state index contributed by atoms with van der Waals surface area (Å²) in [4.78, 5) is 36.1. The first-order valence-corrected chi connectivity index (χ1v) is 8.03. The topological polar surface area (TPSA) is 92.5 Å². The normalized spacial score (nSPS) is 16.6. The molecule has 1 aliphatic heterocycles.